The molecule has 1 aromatic carbocycles. The Morgan fingerprint density at radius 2 is 2.05 bits per heavy atom. The molecule has 1 aromatic heterocycles. The number of rotatable bonds is 3. The summed E-state index contributed by atoms with van der Waals surface area (Å²) in [7, 11) is 0. The Hall–Kier alpha value is -0.760. The highest BCUT2D eigenvalue weighted by molar-refractivity contribution is 9.09. The van der Waals surface area contributed by atoms with E-state index in [-0.39, 0.29) is 4.83 Å². The Morgan fingerprint density at radius 1 is 1.30 bits per heavy atom. The number of nitrogens with zero attached hydrogens (tertiary/aromatic N) is 5. The maximum Gasteiger partial charge on any atom is 0.133 e. The molecule has 3 rings (SSSR count). The summed E-state index contributed by atoms with van der Waals surface area (Å²) < 4.78 is 10.0. The molecule has 0 saturated carbocycles. The van der Waals surface area contributed by atoms with Gasteiger partial charge in [-0.15, -0.1) is 5.10 Å². The van der Waals surface area contributed by atoms with E-state index in [1.165, 1.54) is 0 Å². The molecule has 0 bridgehead atoms. The van der Waals surface area contributed by atoms with Crippen molar-refractivity contribution >= 4 is 61.9 Å². The van der Waals surface area contributed by atoms with Gasteiger partial charge in [-0.2, -0.15) is 8.73 Å². The average molecular weight is 393 g/mol. The Morgan fingerprint density at radius 3 is 2.80 bits per heavy atom. The SMILES string of the molecule is CCC(Br)c1cn(-c2c(Cl)cc(Cl)c3c2N=S=N3)nn1. The Kier molecular flexibility index (Phi) is 3.94. The summed E-state index contributed by atoms with van der Waals surface area (Å²) in [5.74, 6) is 0. The van der Waals surface area contributed by atoms with Gasteiger partial charge in [-0.05, 0) is 12.5 Å². The second-order valence-electron chi connectivity index (χ2n) is 4.11. The van der Waals surface area contributed by atoms with E-state index in [0.717, 1.165) is 23.5 Å². The first kappa shape index (κ1) is 14.2. The van der Waals surface area contributed by atoms with Crippen molar-refractivity contribution in [3.63, 3.8) is 0 Å². The molecular formula is C11H8BrCl2N5S. The minimum Gasteiger partial charge on any atom is -0.217 e. The highest BCUT2D eigenvalue weighted by atomic mass is 79.9. The number of halogens is 3. The smallest absolute Gasteiger partial charge is 0.133 e. The first-order valence-electron chi connectivity index (χ1n) is 5.78. The third kappa shape index (κ3) is 2.32. The average Bonchev–Trinajstić information content (AvgIpc) is 3.07. The molecule has 1 aliphatic rings. The fraction of sp³-hybridized carbons (Fsp3) is 0.273. The second kappa shape index (κ2) is 5.55. The van der Waals surface area contributed by atoms with Gasteiger partial charge in [-0.1, -0.05) is 51.3 Å². The lowest BCUT2D eigenvalue weighted by molar-refractivity contribution is 0.791. The van der Waals surface area contributed by atoms with Crippen LogP contribution in [0.15, 0.2) is 21.0 Å². The van der Waals surface area contributed by atoms with Crippen molar-refractivity contribution in [1.82, 2.24) is 15.0 Å². The van der Waals surface area contributed by atoms with Crippen molar-refractivity contribution < 1.29 is 0 Å². The quantitative estimate of drug-likeness (QED) is 0.579. The van der Waals surface area contributed by atoms with Crippen LogP contribution >= 0.6 is 39.1 Å². The van der Waals surface area contributed by atoms with Gasteiger partial charge < -0.3 is 0 Å². The molecule has 1 aliphatic heterocycles. The zero-order valence-corrected chi connectivity index (χ0v) is 14.1. The molecule has 2 heterocycles. The maximum atomic E-state index is 6.27. The lowest BCUT2D eigenvalue weighted by Gasteiger charge is -2.08. The van der Waals surface area contributed by atoms with Crippen molar-refractivity contribution in [1.29, 1.82) is 0 Å². The number of benzene rings is 1. The Labute approximate surface area is 137 Å². The first-order valence-corrected chi connectivity index (χ1v) is 8.19. The van der Waals surface area contributed by atoms with Crippen molar-refractivity contribution in [2.24, 2.45) is 8.73 Å². The number of alkyl halides is 1. The minimum atomic E-state index is 0.159. The summed E-state index contributed by atoms with van der Waals surface area (Å²) in [6.45, 7) is 2.07. The van der Waals surface area contributed by atoms with Gasteiger partial charge in [0.2, 0.25) is 0 Å². The molecule has 0 N–H and O–H groups in total. The molecule has 1 unspecified atom stereocenters. The fourth-order valence-electron chi connectivity index (χ4n) is 1.82. The molecule has 0 radical (unpaired) electrons. The van der Waals surface area contributed by atoms with Crippen molar-refractivity contribution in [2.75, 3.05) is 0 Å². The van der Waals surface area contributed by atoms with Crippen LogP contribution < -0.4 is 0 Å². The minimum absolute atomic E-state index is 0.159. The van der Waals surface area contributed by atoms with Crippen LogP contribution in [0.25, 0.3) is 5.69 Å². The van der Waals surface area contributed by atoms with E-state index in [2.05, 4.69) is 41.9 Å². The molecule has 0 spiro atoms. The number of hydrogen-bond donors (Lipinski definition) is 0. The van der Waals surface area contributed by atoms with Gasteiger partial charge in [0.25, 0.3) is 0 Å². The molecule has 0 saturated heterocycles. The Balaban J connectivity index is 2.14. The molecule has 0 fully saturated rings. The molecule has 1 atom stereocenters. The van der Waals surface area contributed by atoms with Gasteiger partial charge in [-0.3, -0.25) is 0 Å². The highest BCUT2D eigenvalue weighted by Crippen LogP contribution is 2.46. The van der Waals surface area contributed by atoms with Crippen LogP contribution in [0.5, 0.6) is 0 Å². The van der Waals surface area contributed by atoms with Gasteiger partial charge in [0, 0.05) is 0 Å². The van der Waals surface area contributed by atoms with Crippen LogP contribution in [0.2, 0.25) is 10.0 Å². The first-order chi connectivity index (χ1) is 9.61. The number of fused-ring (bicyclic) bond motifs is 1. The van der Waals surface area contributed by atoms with Crippen LogP contribution in [0.4, 0.5) is 11.4 Å². The molecule has 20 heavy (non-hydrogen) atoms. The van der Waals surface area contributed by atoms with Crippen LogP contribution in [0.3, 0.4) is 0 Å². The van der Waals surface area contributed by atoms with Gasteiger partial charge in [-0.25, -0.2) is 4.68 Å². The predicted molar refractivity (Wildman–Crippen MR) is 84.9 cm³/mol. The van der Waals surface area contributed by atoms with E-state index in [1.54, 1.807) is 10.7 Å². The van der Waals surface area contributed by atoms with Crippen molar-refractivity contribution in [3.8, 4) is 5.69 Å². The van der Waals surface area contributed by atoms with Crippen molar-refractivity contribution in [2.45, 2.75) is 18.2 Å². The normalized spacial score (nSPS) is 14.2. The van der Waals surface area contributed by atoms with Crippen LogP contribution in [-0.4, -0.2) is 15.0 Å². The zero-order valence-electron chi connectivity index (χ0n) is 10.2. The van der Waals surface area contributed by atoms with E-state index in [4.69, 9.17) is 23.2 Å². The van der Waals surface area contributed by atoms with Gasteiger partial charge in [0.15, 0.2) is 0 Å². The largest absolute Gasteiger partial charge is 0.217 e. The van der Waals surface area contributed by atoms with Crippen LogP contribution in [0, 0.1) is 0 Å². The van der Waals surface area contributed by atoms with Gasteiger partial charge in [0.1, 0.15) is 17.1 Å². The highest BCUT2D eigenvalue weighted by Gasteiger charge is 2.21. The zero-order chi connectivity index (χ0) is 14.3. The number of hydrogen-bond acceptors (Lipinski definition) is 4. The third-order valence-corrected chi connectivity index (χ3v) is 5.06. The van der Waals surface area contributed by atoms with E-state index in [0.29, 0.717) is 27.1 Å². The lowest BCUT2D eigenvalue weighted by Crippen LogP contribution is -1.97. The molecule has 0 amide bonds. The van der Waals surface area contributed by atoms with Crippen molar-refractivity contribution in [3.05, 3.63) is 28.0 Å². The van der Waals surface area contributed by atoms with Gasteiger partial charge >= 0.3 is 0 Å². The second-order valence-corrected chi connectivity index (χ2v) is 6.56. The number of aromatic nitrogens is 3. The van der Waals surface area contributed by atoms with E-state index in [9.17, 15) is 0 Å². The molecule has 2 aromatic rings. The van der Waals surface area contributed by atoms with E-state index in [1.807, 2.05) is 6.20 Å². The molecule has 5 nitrogen and oxygen atoms in total. The fourth-order valence-corrected chi connectivity index (χ4v) is 3.22. The summed E-state index contributed by atoms with van der Waals surface area (Å²) in [5.41, 5.74) is 2.75. The molecule has 0 aliphatic carbocycles. The summed E-state index contributed by atoms with van der Waals surface area (Å²) in [4.78, 5) is 0.159. The summed E-state index contributed by atoms with van der Waals surface area (Å²) in [5, 5.41) is 9.22. The van der Waals surface area contributed by atoms with Crippen LogP contribution in [0.1, 0.15) is 23.9 Å². The lowest BCUT2D eigenvalue weighted by atomic mass is 10.2. The molecular weight excluding hydrogens is 385 g/mol. The topological polar surface area (TPSA) is 55.4 Å². The summed E-state index contributed by atoms with van der Waals surface area (Å²) >= 11 is 17.0. The molecule has 104 valence electrons. The van der Waals surface area contributed by atoms with E-state index < -0.39 is 0 Å². The summed E-state index contributed by atoms with van der Waals surface area (Å²) in [6.07, 6.45) is 2.75. The third-order valence-electron chi connectivity index (χ3n) is 2.84. The molecule has 9 heteroatoms. The standard InChI is InChI=1S/C11H8BrCl2N5S/c1-2-5(12)8-4-19(18-15-8)11-7(14)3-6(13)9-10(11)17-20-16-9/h3-5H,2H2,1H3. The van der Waals surface area contributed by atoms with E-state index >= 15 is 0 Å². The Bertz CT molecular complexity index is 754. The monoisotopic (exact) mass is 391 g/mol. The summed E-state index contributed by atoms with van der Waals surface area (Å²) in [6, 6.07) is 1.65. The van der Waals surface area contributed by atoms with Gasteiger partial charge in [0.05, 0.1) is 38.1 Å². The predicted octanol–water partition coefficient (Wildman–Crippen LogP) is 5.15. The maximum absolute atomic E-state index is 6.27. The van der Waals surface area contributed by atoms with Crippen LogP contribution in [-0.2, 0) is 11.4 Å².